The number of cyclic esters (lactones) is 1. The Labute approximate surface area is 151 Å². The van der Waals surface area contributed by atoms with E-state index in [1.54, 1.807) is 13.1 Å². The maximum Gasteiger partial charge on any atom is 0.347 e. The molecule has 1 aliphatic heterocycles. The highest BCUT2D eigenvalue weighted by molar-refractivity contribution is 9.10. The minimum absolute atomic E-state index is 0.0751. The van der Waals surface area contributed by atoms with Crippen LogP contribution in [0.1, 0.15) is 13.3 Å². The number of rotatable bonds is 5. The van der Waals surface area contributed by atoms with Gasteiger partial charge >= 0.3 is 11.9 Å². The van der Waals surface area contributed by atoms with Crippen molar-refractivity contribution in [3.8, 4) is 5.69 Å². The smallest absolute Gasteiger partial charge is 0.347 e. The van der Waals surface area contributed by atoms with Crippen LogP contribution in [0, 0.1) is 0 Å². The molecule has 8 heteroatoms. The van der Waals surface area contributed by atoms with Gasteiger partial charge in [0, 0.05) is 29.0 Å². The molecular formula is C16H15BrN2O4S. The molecule has 0 N–H and O–H groups in total. The number of benzene rings is 1. The Kier molecular flexibility index (Phi) is 5.25. The SMILES string of the molecule is C[C@H]1C[C@H](OC(=O)CSc2nccn2-c2ccc(Br)cc2)C(=O)O1. The molecule has 2 atom stereocenters. The molecule has 1 aromatic carbocycles. The number of ether oxygens (including phenoxy) is 2. The minimum Gasteiger partial charge on any atom is -0.460 e. The summed E-state index contributed by atoms with van der Waals surface area (Å²) in [7, 11) is 0. The van der Waals surface area contributed by atoms with Crippen molar-refractivity contribution in [3.63, 3.8) is 0 Å². The number of halogens is 1. The zero-order chi connectivity index (χ0) is 17.1. The summed E-state index contributed by atoms with van der Waals surface area (Å²) < 4.78 is 13.0. The van der Waals surface area contributed by atoms with Crippen LogP contribution in [-0.4, -0.2) is 39.5 Å². The van der Waals surface area contributed by atoms with Crippen LogP contribution in [0.3, 0.4) is 0 Å². The van der Waals surface area contributed by atoms with Crippen molar-refractivity contribution < 1.29 is 19.1 Å². The highest BCUT2D eigenvalue weighted by atomic mass is 79.9. The fourth-order valence-corrected chi connectivity index (χ4v) is 3.35. The summed E-state index contributed by atoms with van der Waals surface area (Å²) in [4.78, 5) is 27.7. The highest BCUT2D eigenvalue weighted by Crippen LogP contribution is 2.23. The number of imidazole rings is 1. The van der Waals surface area contributed by atoms with Crippen LogP contribution in [0.4, 0.5) is 0 Å². The molecule has 0 saturated carbocycles. The maximum absolute atomic E-state index is 11.9. The number of carbonyl (C=O) groups excluding carboxylic acids is 2. The Morgan fingerprint density at radius 2 is 2.21 bits per heavy atom. The summed E-state index contributed by atoms with van der Waals surface area (Å²) in [5.41, 5.74) is 0.944. The van der Waals surface area contributed by atoms with Gasteiger partial charge < -0.3 is 9.47 Å². The van der Waals surface area contributed by atoms with E-state index in [2.05, 4.69) is 20.9 Å². The van der Waals surface area contributed by atoms with Crippen LogP contribution in [-0.2, 0) is 19.1 Å². The van der Waals surface area contributed by atoms with Gasteiger partial charge in [-0.15, -0.1) is 0 Å². The molecule has 0 amide bonds. The molecule has 3 rings (SSSR count). The number of nitrogens with zero attached hydrogens (tertiary/aromatic N) is 2. The lowest BCUT2D eigenvalue weighted by atomic mass is 10.2. The zero-order valence-electron chi connectivity index (χ0n) is 12.8. The van der Waals surface area contributed by atoms with Gasteiger partial charge in [-0.25, -0.2) is 9.78 Å². The number of esters is 2. The Hall–Kier alpha value is -1.80. The van der Waals surface area contributed by atoms with Gasteiger partial charge in [-0.2, -0.15) is 0 Å². The third-order valence-corrected chi connectivity index (χ3v) is 4.90. The van der Waals surface area contributed by atoms with Crippen molar-refractivity contribution in [3.05, 3.63) is 41.1 Å². The molecule has 2 aromatic rings. The number of aromatic nitrogens is 2. The Balaban J connectivity index is 1.59. The molecule has 2 heterocycles. The molecule has 0 bridgehead atoms. The Bertz CT molecular complexity index is 747. The average Bonchev–Trinajstić information content (AvgIpc) is 3.13. The fourth-order valence-electron chi connectivity index (χ4n) is 2.33. The van der Waals surface area contributed by atoms with Crippen molar-refractivity contribution in [2.45, 2.75) is 30.7 Å². The second-order valence-corrected chi connectivity index (χ2v) is 7.16. The van der Waals surface area contributed by atoms with Crippen LogP contribution in [0.15, 0.2) is 46.3 Å². The van der Waals surface area contributed by atoms with Gasteiger partial charge in [0.1, 0.15) is 6.10 Å². The molecule has 1 saturated heterocycles. The second kappa shape index (κ2) is 7.40. The van der Waals surface area contributed by atoms with E-state index in [1.807, 2.05) is 35.0 Å². The van der Waals surface area contributed by atoms with Crippen molar-refractivity contribution >= 4 is 39.6 Å². The van der Waals surface area contributed by atoms with Crippen LogP contribution >= 0.6 is 27.7 Å². The first-order valence-electron chi connectivity index (χ1n) is 7.35. The van der Waals surface area contributed by atoms with Crippen molar-refractivity contribution in [2.75, 3.05) is 5.75 Å². The van der Waals surface area contributed by atoms with E-state index in [-0.39, 0.29) is 11.9 Å². The molecule has 1 fully saturated rings. The summed E-state index contributed by atoms with van der Waals surface area (Å²) in [6.45, 7) is 1.77. The van der Waals surface area contributed by atoms with E-state index in [9.17, 15) is 9.59 Å². The summed E-state index contributed by atoms with van der Waals surface area (Å²) in [5.74, 6) is -0.857. The first-order chi connectivity index (χ1) is 11.5. The Morgan fingerprint density at radius 1 is 1.46 bits per heavy atom. The molecule has 24 heavy (non-hydrogen) atoms. The van der Waals surface area contributed by atoms with Crippen molar-refractivity contribution in [1.82, 2.24) is 9.55 Å². The number of hydrogen-bond donors (Lipinski definition) is 0. The molecule has 1 aromatic heterocycles. The molecule has 0 radical (unpaired) electrons. The van der Waals surface area contributed by atoms with E-state index in [0.29, 0.717) is 11.6 Å². The van der Waals surface area contributed by atoms with Gasteiger partial charge in [-0.05, 0) is 31.2 Å². The van der Waals surface area contributed by atoms with Gasteiger partial charge in [0.25, 0.3) is 0 Å². The van der Waals surface area contributed by atoms with E-state index < -0.39 is 18.0 Å². The van der Waals surface area contributed by atoms with E-state index in [4.69, 9.17) is 9.47 Å². The topological polar surface area (TPSA) is 70.4 Å². The maximum atomic E-state index is 11.9. The quantitative estimate of drug-likeness (QED) is 0.557. The van der Waals surface area contributed by atoms with Crippen LogP contribution < -0.4 is 0 Å². The molecule has 1 aliphatic rings. The number of thioether (sulfide) groups is 1. The molecule has 0 aliphatic carbocycles. The monoisotopic (exact) mass is 410 g/mol. The normalized spacial score (nSPS) is 20.0. The predicted molar refractivity (Wildman–Crippen MR) is 92.0 cm³/mol. The molecule has 6 nitrogen and oxygen atoms in total. The second-order valence-electron chi connectivity index (χ2n) is 5.31. The summed E-state index contributed by atoms with van der Waals surface area (Å²) in [5, 5.41) is 0.677. The third-order valence-electron chi connectivity index (χ3n) is 3.43. The lowest BCUT2D eigenvalue weighted by Crippen LogP contribution is -2.23. The van der Waals surface area contributed by atoms with Gasteiger partial charge in [0.2, 0.25) is 6.10 Å². The van der Waals surface area contributed by atoms with Crippen molar-refractivity contribution in [1.29, 1.82) is 0 Å². The van der Waals surface area contributed by atoms with E-state index in [1.165, 1.54) is 11.8 Å². The van der Waals surface area contributed by atoms with Crippen molar-refractivity contribution in [2.24, 2.45) is 0 Å². The average molecular weight is 411 g/mol. The van der Waals surface area contributed by atoms with Crippen LogP contribution in [0.2, 0.25) is 0 Å². The summed E-state index contributed by atoms with van der Waals surface area (Å²) >= 11 is 4.66. The summed E-state index contributed by atoms with van der Waals surface area (Å²) in [6.07, 6.45) is 2.90. The lowest BCUT2D eigenvalue weighted by molar-refractivity contribution is -0.159. The van der Waals surface area contributed by atoms with E-state index in [0.717, 1.165) is 10.2 Å². The first-order valence-corrected chi connectivity index (χ1v) is 9.13. The Morgan fingerprint density at radius 3 is 2.88 bits per heavy atom. The van der Waals surface area contributed by atoms with E-state index >= 15 is 0 Å². The standard InChI is InChI=1S/C16H15BrN2O4S/c1-10-8-13(15(21)22-10)23-14(20)9-24-16-18-6-7-19(16)12-4-2-11(17)3-5-12/h2-7,10,13H,8-9H2,1H3/t10-,13-/m0/s1. The molecule has 126 valence electrons. The molecule has 0 spiro atoms. The largest absolute Gasteiger partial charge is 0.460 e. The van der Waals surface area contributed by atoms with Gasteiger partial charge in [-0.3, -0.25) is 9.36 Å². The van der Waals surface area contributed by atoms with Gasteiger partial charge in [0.15, 0.2) is 5.16 Å². The molecule has 0 unspecified atom stereocenters. The number of carbonyl (C=O) groups is 2. The minimum atomic E-state index is -0.792. The summed E-state index contributed by atoms with van der Waals surface area (Å²) in [6, 6.07) is 7.77. The third kappa shape index (κ3) is 3.99. The first kappa shape index (κ1) is 17.0. The van der Waals surface area contributed by atoms with Gasteiger partial charge in [-0.1, -0.05) is 27.7 Å². The zero-order valence-corrected chi connectivity index (χ0v) is 15.2. The molecular weight excluding hydrogens is 396 g/mol. The predicted octanol–water partition coefficient (Wildman–Crippen LogP) is 2.97. The fraction of sp³-hybridized carbons (Fsp3) is 0.312. The number of hydrogen-bond acceptors (Lipinski definition) is 6. The highest BCUT2D eigenvalue weighted by Gasteiger charge is 2.34. The van der Waals surface area contributed by atoms with Crippen LogP contribution in [0.25, 0.3) is 5.69 Å². The lowest BCUT2D eigenvalue weighted by Gasteiger charge is -2.09. The van der Waals surface area contributed by atoms with Crippen LogP contribution in [0.5, 0.6) is 0 Å². The van der Waals surface area contributed by atoms with Gasteiger partial charge in [0.05, 0.1) is 5.75 Å².